The van der Waals surface area contributed by atoms with Crippen molar-refractivity contribution in [3.8, 4) is 0 Å². The van der Waals surface area contributed by atoms with Crippen LogP contribution in [0.15, 0.2) is 48.5 Å². The number of alkyl halides is 1. The first kappa shape index (κ1) is 26.4. The summed E-state index contributed by atoms with van der Waals surface area (Å²) in [5.74, 6) is -1.53. The van der Waals surface area contributed by atoms with Crippen LogP contribution in [0.1, 0.15) is 69.1 Å². The molecule has 0 spiro atoms. The smallest absolute Gasteiger partial charge is 0.339 e. The number of esters is 1. The van der Waals surface area contributed by atoms with Gasteiger partial charge in [-0.1, -0.05) is 72.8 Å². The minimum atomic E-state index is -1.08. The molecule has 0 aliphatic heterocycles. The molecular weight excluding hydrogens is 487 g/mol. The first-order valence-corrected chi connectivity index (χ1v) is 10.0. The molecule has 0 saturated carbocycles. The van der Waals surface area contributed by atoms with Gasteiger partial charge in [-0.15, -0.1) is 0 Å². The molecule has 0 saturated heterocycles. The second-order valence-corrected chi connectivity index (χ2v) is 8.67. The molecule has 7 heteroatoms. The molecule has 0 aromatic heterocycles. The highest BCUT2D eigenvalue weighted by atomic mass is 127. The summed E-state index contributed by atoms with van der Waals surface area (Å²) in [6, 6.07) is 12.6. The van der Waals surface area contributed by atoms with Gasteiger partial charge in [0.05, 0.1) is 17.2 Å². The van der Waals surface area contributed by atoms with Gasteiger partial charge in [0.2, 0.25) is 0 Å². The molecule has 0 atom stereocenters. The third-order valence-corrected chi connectivity index (χ3v) is 2.97. The fraction of sp³-hybridized carbons (Fsp3) is 0.273. The second kappa shape index (κ2) is 14.4. The lowest BCUT2D eigenvalue weighted by Gasteiger charge is -2.08. The van der Waals surface area contributed by atoms with E-state index in [2.05, 4.69) is 36.4 Å². The minimum absolute atomic E-state index is 0.0440. The summed E-state index contributed by atoms with van der Waals surface area (Å²) >= 11 is 2.34. The average Bonchev–Trinajstić information content (AvgIpc) is 2.67. The van der Waals surface area contributed by atoms with Crippen molar-refractivity contribution in [1.82, 2.24) is 0 Å². The van der Waals surface area contributed by atoms with Gasteiger partial charge in [0.25, 0.3) is 0 Å². The Morgan fingerprint density at radius 1 is 0.862 bits per heavy atom. The highest BCUT2D eigenvalue weighted by Gasteiger charge is 2.12. The lowest BCUT2D eigenvalue weighted by atomic mass is 10.1. The van der Waals surface area contributed by atoms with Crippen LogP contribution in [0.4, 0.5) is 0 Å². The van der Waals surface area contributed by atoms with E-state index in [4.69, 9.17) is 9.84 Å². The number of hydrogen-bond donors (Lipinski definition) is 1. The van der Waals surface area contributed by atoms with Crippen LogP contribution in [0.5, 0.6) is 0 Å². The van der Waals surface area contributed by atoms with E-state index in [1.807, 2.05) is 0 Å². The third kappa shape index (κ3) is 11.1. The molecule has 0 aliphatic carbocycles. The van der Waals surface area contributed by atoms with Crippen LogP contribution in [-0.4, -0.2) is 39.6 Å². The van der Waals surface area contributed by atoms with E-state index in [1.165, 1.54) is 12.1 Å². The summed E-state index contributed by atoms with van der Waals surface area (Å²) in [4.78, 5) is 42.8. The number of rotatable bonds is 5. The van der Waals surface area contributed by atoms with Crippen molar-refractivity contribution >= 4 is 47.1 Å². The van der Waals surface area contributed by atoms with Gasteiger partial charge in [-0.25, -0.2) is 9.59 Å². The van der Waals surface area contributed by atoms with Crippen LogP contribution in [0, 0.1) is 0 Å². The number of hydrogen-bond acceptors (Lipinski definition) is 5. The van der Waals surface area contributed by atoms with Crippen LogP contribution >= 0.6 is 22.6 Å². The quantitative estimate of drug-likeness (QED) is 0.260. The zero-order chi connectivity index (χ0) is 22.4. The molecular formula is C22H25IO6. The van der Waals surface area contributed by atoms with Gasteiger partial charge in [0.15, 0.2) is 12.6 Å². The SMILES string of the molecule is CC(C)I.CC(C)OC(=O)c1ccccc1C=O.O=Cc1ccccc1C(=O)O. The lowest BCUT2D eigenvalue weighted by Crippen LogP contribution is -2.13. The maximum Gasteiger partial charge on any atom is 0.339 e. The van der Waals surface area contributed by atoms with E-state index in [-0.39, 0.29) is 17.2 Å². The Labute approximate surface area is 184 Å². The van der Waals surface area contributed by atoms with Gasteiger partial charge in [0, 0.05) is 15.1 Å². The highest BCUT2D eigenvalue weighted by molar-refractivity contribution is 14.1. The predicted molar refractivity (Wildman–Crippen MR) is 120 cm³/mol. The fourth-order valence-corrected chi connectivity index (χ4v) is 1.86. The number of carbonyl (C=O) groups is 4. The summed E-state index contributed by atoms with van der Waals surface area (Å²) < 4.78 is 5.78. The average molecular weight is 512 g/mol. The molecule has 0 aliphatic rings. The maximum atomic E-state index is 11.5. The Morgan fingerprint density at radius 3 is 1.59 bits per heavy atom. The standard InChI is InChI=1S/C11H12O3.C8H6O3.C3H7I/c1-8(2)14-11(13)10-6-4-3-5-9(10)7-12;9-5-6-3-1-2-4-7(6)8(10)11;1-3(2)4/h3-8H,1-2H3;1-5H,(H,10,11);3H,1-2H3. The predicted octanol–water partition coefficient (Wildman–Crippen LogP) is 5.09. The molecule has 2 aromatic rings. The Bertz CT molecular complexity index is 812. The molecule has 0 radical (unpaired) electrons. The van der Waals surface area contributed by atoms with Crippen molar-refractivity contribution in [2.75, 3.05) is 0 Å². The summed E-state index contributed by atoms with van der Waals surface area (Å²) in [5.41, 5.74) is 0.928. The molecule has 2 rings (SSSR count). The fourth-order valence-electron chi connectivity index (χ4n) is 1.86. The zero-order valence-corrected chi connectivity index (χ0v) is 19.0. The van der Waals surface area contributed by atoms with Gasteiger partial charge in [-0.05, 0) is 26.0 Å². The number of carboxylic acids is 1. The third-order valence-electron chi connectivity index (χ3n) is 2.97. The van der Waals surface area contributed by atoms with E-state index in [1.54, 1.807) is 50.2 Å². The second-order valence-electron chi connectivity index (χ2n) is 6.18. The van der Waals surface area contributed by atoms with Crippen molar-refractivity contribution in [1.29, 1.82) is 0 Å². The molecule has 29 heavy (non-hydrogen) atoms. The van der Waals surface area contributed by atoms with Crippen LogP contribution in [0.25, 0.3) is 0 Å². The van der Waals surface area contributed by atoms with Gasteiger partial charge in [-0.3, -0.25) is 9.59 Å². The van der Waals surface area contributed by atoms with Crippen LogP contribution in [-0.2, 0) is 4.74 Å². The van der Waals surface area contributed by atoms with Gasteiger partial charge in [-0.2, -0.15) is 0 Å². The Balaban J connectivity index is 0.000000466. The largest absolute Gasteiger partial charge is 0.478 e. The number of aldehydes is 2. The Hall–Kier alpha value is -2.55. The van der Waals surface area contributed by atoms with Crippen molar-refractivity contribution in [3.63, 3.8) is 0 Å². The molecule has 0 unspecified atom stereocenters. The minimum Gasteiger partial charge on any atom is -0.478 e. The van der Waals surface area contributed by atoms with Crippen molar-refractivity contribution in [3.05, 3.63) is 70.8 Å². The van der Waals surface area contributed by atoms with Gasteiger partial charge < -0.3 is 9.84 Å². The topological polar surface area (TPSA) is 97.7 Å². The molecule has 0 amide bonds. The number of carbonyl (C=O) groups excluding carboxylic acids is 3. The Morgan fingerprint density at radius 2 is 1.24 bits per heavy atom. The first-order valence-electron chi connectivity index (χ1n) is 8.80. The molecule has 6 nitrogen and oxygen atoms in total. The van der Waals surface area contributed by atoms with E-state index < -0.39 is 11.9 Å². The molecule has 0 heterocycles. The monoisotopic (exact) mass is 512 g/mol. The van der Waals surface area contributed by atoms with Crippen LogP contribution < -0.4 is 0 Å². The van der Waals surface area contributed by atoms with E-state index in [0.717, 1.165) is 3.92 Å². The van der Waals surface area contributed by atoms with Crippen molar-refractivity contribution in [2.45, 2.75) is 37.7 Å². The lowest BCUT2D eigenvalue weighted by molar-refractivity contribution is 0.0375. The summed E-state index contributed by atoms with van der Waals surface area (Å²) in [7, 11) is 0. The van der Waals surface area contributed by atoms with E-state index in [9.17, 15) is 19.2 Å². The molecule has 156 valence electrons. The maximum absolute atomic E-state index is 11.5. The van der Waals surface area contributed by atoms with Crippen LogP contribution in [0.3, 0.4) is 0 Å². The number of ether oxygens (including phenoxy) is 1. The number of benzene rings is 2. The highest BCUT2D eigenvalue weighted by Crippen LogP contribution is 2.09. The molecule has 0 fully saturated rings. The Kier molecular flexibility index (Phi) is 13.2. The van der Waals surface area contributed by atoms with Gasteiger partial charge in [0.1, 0.15) is 0 Å². The zero-order valence-electron chi connectivity index (χ0n) is 16.8. The van der Waals surface area contributed by atoms with Gasteiger partial charge >= 0.3 is 11.9 Å². The molecule has 2 aromatic carbocycles. The summed E-state index contributed by atoms with van der Waals surface area (Å²) in [5, 5.41) is 8.54. The number of halogens is 1. The summed E-state index contributed by atoms with van der Waals surface area (Å²) in [6.45, 7) is 7.84. The normalized spacial score (nSPS) is 9.48. The first-order chi connectivity index (χ1) is 13.6. The van der Waals surface area contributed by atoms with E-state index in [0.29, 0.717) is 23.7 Å². The number of aromatic carboxylic acids is 1. The molecule has 0 bridgehead atoms. The van der Waals surface area contributed by atoms with Crippen molar-refractivity contribution < 1.29 is 29.0 Å². The van der Waals surface area contributed by atoms with Crippen LogP contribution in [0.2, 0.25) is 0 Å². The number of carboxylic acid groups (broad SMARTS) is 1. The van der Waals surface area contributed by atoms with Crippen molar-refractivity contribution in [2.24, 2.45) is 0 Å². The van der Waals surface area contributed by atoms with E-state index >= 15 is 0 Å². The molecule has 1 N–H and O–H groups in total. The summed E-state index contributed by atoms with van der Waals surface area (Å²) in [6.07, 6.45) is 1.00.